The Labute approximate surface area is 172 Å². The largest absolute Gasteiger partial charge is 0.359 e. The minimum Gasteiger partial charge on any atom is -0.359 e. The number of aryl methyl sites for hydroxylation is 3. The Morgan fingerprint density at radius 3 is 2.21 bits per heavy atom. The van der Waals surface area contributed by atoms with E-state index in [0.29, 0.717) is 0 Å². The Morgan fingerprint density at radius 2 is 1.62 bits per heavy atom. The molecule has 1 N–H and O–H groups in total. The number of amides is 1. The average molecular weight is 392 g/mol. The first-order valence-electron chi connectivity index (χ1n) is 10.3. The fourth-order valence-electron chi connectivity index (χ4n) is 4.38. The molecule has 1 aliphatic rings. The van der Waals surface area contributed by atoms with Gasteiger partial charge in [0.2, 0.25) is 5.91 Å². The zero-order valence-electron chi connectivity index (χ0n) is 17.6. The number of hydrogen-bond donors (Lipinski definition) is 1. The van der Waals surface area contributed by atoms with Crippen LogP contribution in [-0.2, 0) is 4.79 Å². The molecule has 0 spiro atoms. The number of aromatic nitrogens is 3. The standard InChI is InChI=1S/C23H29N5O/c1-16-10-11-17(2)27(16)21-18(3)25-28(20-8-6-5-7-9-20)23(21)26-14-12-19(13-15-26)22(29)24-4/h5-11,19H,12-15H2,1-4H3,(H,24,29). The maximum atomic E-state index is 12.1. The molecule has 0 atom stereocenters. The molecule has 29 heavy (non-hydrogen) atoms. The van der Waals surface area contributed by atoms with E-state index in [-0.39, 0.29) is 11.8 Å². The smallest absolute Gasteiger partial charge is 0.222 e. The molecular formula is C23H29N5O. The third-order valence-electron chi connectivity index (χ3n) is 5.91. The molecule has 1 amide bonds. The van der Waals surface area contributed by atoms with E-state index in [4.69, 9.17) is 5.10 Å². The van der Waals surface area contributed by atoms with Gasteiger partial charge in [-0.1, -0.05) is 18.2 Å². The van der Waals surface area contributed by atoms with Crippen LogP contribution in [0.25, 0.3) is 11.4 Å². The highest BCUT2D eigenvalue weighted by molar-refractivity contribution is 5.78. The summed E-state index contributed by atoms with van der Waals surface area (Å²) >= 11 is 0. The van der Waals surface area contributed by atoms with E-state index in [9.17, 15) is 4.79 Å². The summed E-state index contributed by atoms with van der Waals surface area (Å²) in [5, 5.41) is 7.74. The van der Waals surface area contributed by atoms with Gasteiger partial charge in [0.25, 0.3) is 0 Å². The maximum absolute atomic E-state index is 12.1. The van der Waals surface area contributed by atoms with Gasteiger partial charge in [0, 0.05) is 37.4 Å². The summed E-state index contributed by atoms with van der Waals surface area (Å²) in [5.41, 5.74) is 5.57. The summed E-state index contributed by atoms with van der Waals surface area (Å²) < 4.78 is 4.35. The summed E-state index contributed by atoms with van der Waals surface area (Å²) in [7, 11) is 1.72. The molecule has 0 saturated carbocycles. The van der Waals surface area contributed by atoms with Gasteiger partial charge in [-0.05, 0) is 57.9 Å². The first kappa shape index (κ1) is 19.3. The van der Waals surface area contributed by atoms with Crippen molar-refractivity contribution in [2.75, 3.05) is 25.0 Å². The van der Waals surface area contributed by atoms with Gasteiger partial charge in [-0.3, -0.25) is 4.79 Å². The first-order chi connectivity index (χ1) is 14.0. The molecule has 3 aromatic rings. The van der Waals surface area contributed by atoms with Crippen molar-refractivity contribution < 1.29 is 4.79 Å². The summed E-state index contributed by atoms with van der Waals surface area (Å²) in [6, 6.07) is 14.6. The minimum atomic E-state index is 0.0870. The Hall–Kier alpha value is -3.02. The zero-order valence-corrected chi connectivity index (χ0v) is 17.6. The van der Waals surface area contributed by atoms with Gasteiger partial charge >= 0.3 is 0 Å². The Morgan fingerprint density at radius 1 is 1.00 bits per heavy atom. The number of benzene rings is 1. The average Bonchev–Trinajstić information content (AvgIpc) is 3.26. The third-order valence-corrected chi connectivity index (χ3v) is 5.91. The van der Waals surface area contributed by atoms with Gasteiger partial charge in [0.15, 0.2) is 5.82 Å². The number of para-hydroxylation sites is 1. The molecule has 6 nitrogen and oxygen atoms in total. The molecule has 4 rings (SSSR count). The third kappa shape index (κ3) is 3.43. The molecule has 3 heterocycles. The van der Waals surface area contributed by atoms with Crippen LogP contribution in [0.4, 0.5) is 5.82 Å². The molecule has 0 aliphatic carbocycles. The normalized spacial score (nSPS) is 15.0. The molecule has 0 radical (unpaired) electrons. The van der Waals surface area contributed by atoms with Crippen molar-refractivity contribution in [3.8, 4) is 11.4 Å². The second-order valence-corrected chi connectivity index (χ2v) is 7.83. The van der Waals surface area contributed by atoms with Crippen molar-refractivity contribution in [1.82, 2.24) is 19.7 Å². The number of nitrogens with one attached hydrogen (secondary N) is 1. The van der Waals surface area contributed by atoms with Gasteiger partial charge in [-0.15, -0.1) is 0 Å². The zero-order chi connectivity index (χ0) is 20.5. The van der Waals surface area contributed by atoms with Crippen LogP contribution in [0, 0.1) is 26.7 Å². The van der Waals surface area contributed by atoms with Crippen molar-refractivity contribution in [2.24, 2.45) is 5.92 Å². The Kier molecular flexibility index (Phi) is 5.18. The molecule has 6 heteroatoms. The van der Waals surface area contributed by atoms with Crippen LogP contribution in [0.1, 0.15) is 29.9 Å². The van der Waals surface area contributed by atoms with Crippen LogP contribution in [0.5, 0.6) is 0 Å². The van der Waals surface area contributed by atoms with Crippen LogP contribution in [-0.4, -0.2) is 40.4 Å². The van der Waals surface area contributed by atoms with E-state index in [0.717, 1.165) is 48.8 Å². The highest BCUT2D eigenvalue weighted by Crippen LogP contribution is 2.35. The number of carbonyl (C=O) groups is 1. The number of nitrogens with zero attached hydrogens (tertiary/aromatic N) is 4. The van der Waals surface area contributed by atoms with E-state index < -0.39 is 0 Å². The van der Waals surface area contributed by atoms with Gasteiger partial charge in [0.1, 0.15) is 5.69 Å². The van der Waals surface area contributed by atoms with Gasteiger partial charge < -0.3 is 14.8 Å². The topological polar surface area (TPSA) is 55.1 Å². The van der Waals surface area contributed by atoms with Crippen molar-refractivity contribution >= 4 is 11.7 Å². The van der Waals surface area contributed by atoms with E-state index >= 15 is 0 Å². The lowest BCUT2D eigenvalue weighted by Gasteiger charge is -2.34. The summed E-state index contributed by atoms with van der Waals surface area (Å²) in [6.07, 6.45) is 1.70. The highest BCUT2D eigenvalue weighted by Gasteiger charge is 2.30. The second-order valence-electron chi connectivity index (χ2n) is 7.83. The predicted molar refractivity (Wildman–Crippen MR) is 116 cm³/mol. The molecule has 1 aliphatic heterocycles. The van der Waals surface area contributed by atoms with E-state index in [1.807, 2.05) is 18.2 Å². The molecular weight excluding hydrogens is 362 g/mol. The summed E-state index contributed by atoms with van der Waals surface area (Å²) in [6.45, 7) is 8.01. The lowest BCUT2D eigenvalue weighted by Crippen LogP contribution is -2.40. The van der Waals surface area contributed by atoms with Crippen LogP contribution in [0.15, 0.2) is 42.5 Å². The number of piperidine rings is 1. The van der Waals surface area contributed by atoms with Crippen LogP contribution in [0.3, 0.4) is 0 Å². The quantitative estimate of drug-likeness (QED) is 0.740. The van der Waals surface area contributed by atoms with Crippen LogP contribution >= 0.6 is 0 Å². The van der Waals surface area contributed by atoms with Gasteiger partial charge in [-0.25, -0.2) is 4.68 Å². The van der Waals surface area contributed by atoms with E-state index in [2.05, 4.69) is 64.5 Å². The van der Waals surface area contributed by atoms with Crippen molar-refractivity contribution in [3.63, 3.8) is 0 Å². The van der Waals surface area contributed by atoms with Crippen molar-refractivity contribution in [1.29, 1.82) is 0 Å². The Bertz CT molecular complexity index is 990. The summed E-state index contributed by atoms with van der Waals surface area (Å²) in [5.74, 6) is 1.34. The predicted octanol–water partition coefficient (Wildman–Crippen LogP) is 3.55. The lowest BCUT2D eigenvalue weighted by atomic mass is 9.96. The maximum Gasteiger partial charge on any atom is 0.222 e. The SMILES string of the molecule is CNC(=O)C1CCN(c2c(-n3c(C)ccc3C)c(C)nn2-c2ccccc2)CC1. The fraction of sp³-hybridized carbons (Fsp3) is 0.391. The van der Waals surface area contributed by atoms with Crippen LogP contribution < -0.4 is 10.2 Å². The van der Waals surface area contributed by atoms with E-state index in [1.54, 1.807) is 7.05 Å². The molecule has 0 unspecified atom stereocenters. The highest BCUT2D eigenvalue weighted by atomic mass is 16.1. The fourth-order valence-corrected chi connectivity index (χ4v) is 4.38. The molecule has 2 aromatic heterocycles. The second kappa shape index (κ2) is 7.78. The molecule has 1 fully saturated rings. The van der Waals surface area contributed by atoms with Gasteiger partial charge in [0.05, 0.1) is 11.4 Å². The number of anilines is 1. The Balaban J connectivity index is 1.82. The summed E-state index contributed by atoms with van der Waals surface area (Å²) in [4.78, 5) is 14.5. The van der Waals surface area contributed by atoms with Crippen molar-refractivity contribution in [3.05, 3.63) is 59.5 Å². The number of rotatable bonds is 4. The monoisotopic (exact) mass is 391 g/mol. The molecule has 0 bridgehead atoms. The molecule has 1 aromatic carbocycles. The number of carbonyl (C=O) groups excluding carboxylic acids is 1. The van der Waals surface area contributed by atoms with Crippen LogP contribution in [0.2, 0.25) is 0 Å². The van der Waals surface area contributed by atoms with E-state index in [1.165, 1.54) is 11.4 Å². The first-order valence-corrected chi connectivity index (χ1v) is 10.3. The molecule has 152 valence electrons. The van der Waals surface area contributed by atoms with Gasteiger partial charge in [-0.2, -0.15) is 5.10 Å². The van der Waals surface area contributed by atoms with Crippen molar-refractivity contribution in [2.45, 2.75) is 33.6 Å². The minimum absolute atomic E-state index is 0.0870. The lowest BCUT2D eigenvalue weighted by molar-refractivity contribution is -0.125. The number of hydrogen-bond acceptors (Lipinski definition) is 3. The molecule has 1 saturated heterocycles.